The summed E-state index contributed by atoms with van der Waals surface area (Å²) in [5.41, 5.74) is 2.87. The second-order valence-electron chi connectivity index (χ2n) is 4.99. The minimum Gasteiger partial charge on any atom is -0.385 e. The molecular formula is C15H27N5S. The third-order valence-corrected chi connectivity index (χ3v) is 4.01. The van der Waals surface area contributed by atoms with Crippen LogP contribution >= 0.6 is 11.8 Å². The molecule has 0 fully saturated rings. The van der Waals surface area contributed by atoms with E-state index in [0.29, 0.717) is 5.04 Å². The molecule has 0 aliphatic rings. The lowest BCUT2D eigenvalue weighted by Crippen LogP contribution is -2.29. The van der Waals surface area contributed by atoms with Crippen molar-refractivity contribution >= 4 is 22.5 Å². The number of nitrogens with zero attached hydrogens (tertiary/aromatic N) is 2. The molecule has 0 aliphatic carbocycles. The topological polar surface area (TPSA) is 64.0 Å². The van der Waals surface area contributed by atoms with Crippen molar-refractivity contribution in [3.8, 4) is 0 Å². The normalized spacial score (nSPS) is 10.9. The fourth-order valence-corrected chi connectivity index (χ4v) is 2.80. The molecule has 0 aliphatic heterocycles. The highest BCUT2D eigenvalue weighted by atomic mass is 32.2. The fourth-order valence-electron chi connectivity index (χ4n) is 1.87. The molecule has 6 heteroatoms. The fraction of sp³-hybridized carbons (Fsp3) is 0.600. The highest BCUT2D eigenvalue weighted by molar-refractivity contribution is 8.14. The van der Waals surface area contributed by atoms with Gasteiger partial charge in [0.25, 0.3) is 0 Å². The van der Waals surface area contributed by atoms with Crippen molar-refractivity contribution in [1.29, 1.82) is 5.41 Å². The van der Waals surface area contributed by atoms with Gasteiger partial charge in [0, 0.05) is 55.1 Å². The average Bonchev–Trinajstić information content (AvgIpc) is 2.45. The maximum Gasteiger partial charge on any atom is 0.0979 e. The van der Waals surface area contributed by atoms with Crippen molar-refractivity contribution in [3.05, 3.63) is 23.5 Å². The van der Waals surface area contributed by atoms with Crippen molar-refractivity contribution in [2.24, 2.45) is 0 Å². The molecule has 0 aromatic carbocycles. The quantitative estimate of drug-likeness (QED) is 0.481. The number of aromatic nitrogens is 1. The molecule has 1 aromatic heterocycles. The van der Waals surface area contributed by atoms with Gasteiger partial charge in [-0.15, -0.1) is 11.8 Å². The minimum absolute atomic E-state index is 0.584. The molecule has 0 radical (unpaired) electrons. The van der Waals surface area contributed by atoms with E-state index >= 15 is 0 Å². The van der Waals surface area contributed by atoms with Gasteiger partial charge in [-0.1, -0.05) is 0 Å². The van der Waals surface area contributed by atoms with E-state index in [1.54, 1.807) is 18.0 Å². The molecule has 5 nitrogen and oxygen atoms in total. The van der Waals surface area contributed by atoms with Gasteiger partial charge < -0.3 is 15.5 Å². The standard InChI is InChI=1S/C15H27N5S/c1-5-18-14-10-12(2)19-11-13(14)15(16)21-9-8-20(4)7-6-17-3/h10-11,16-17H,5-9H2,1-4H3,(H,18,19). The van der Waals surface area contributed by atoms with E-state index in [-0.39, 0.29) is 0 Å². The summed E-state index contributed by atoms with van der Waals surface area (Å²) in [5.74, 6) is 0.915. The first-order chi connectivity index (χ1) is 10.1. The summed E-state index contributed by atoms with van der Waals surface area (Å²) in [6.07, 6.45) is 1.80. The van der Waals surface area contributed by atoms with Crippen molar-refractivity contribution < 1.29 is 0 Å². The second-order valence-corrected chi connectivity index (χ2v) is 6.09. The Labute approximate surface area is 132 Å². The Morgan fingerprint density at radius 1 is 1.43 bits per heavy atom. The lowest BCUT2D eigenvalue weighted by atomic mass is 10.2. The lowest BCUT2D eigenvalue weighted by molar-refractivity contribution is 0.356. The predicted molar refractivity (Wildman–Crippen MR) is 93.8 cm³/mol. The minimum atomic E-state index is 0.584. The van der Waals surface area contributed by atoms with Gasteiger partial charge in [-0.3, -0.25) is 10.4 Å². The Morgan fingerprint density at radius 2 is 2.19 bits per heavy atom. The number of rotatable bonds is 9. The van der Waals surface area contributed by atoms with Crippen LogP contribution in [0.15, 0.2) is 12.3 Å². The zero-order chi connectivity index (χ0) is 15.7. The lowest BCUT2D eigenvalue weighted by Gasteiger charge is -2.16. The first kappa shape index (κ1) is 17.9. The summed E-state index contributed by atoms with van der Waals surface area (Å²) in [6, 6.07) is 2.01. The van der Waals surface area contributed by atoms with Gasteiger partial charge in [-0.2, -0.15) is 0 Å². The maximum absolute atomic E-state index is 8.25. The van der Waals surface area contributed by atoms with Gasteiger partial charge in [0.15, 0.2) is 0 Å². The van der Waals surface area contributed by atoms with Crippen molar-refractivity contribution in [2.45, 2.75) is 13.8 Å². The Hall–Kier alpha value is -1.11. The van der Waals surface area contributed by atoms with E-state index in [1.807, 2.05) is 20.0 Å². The van der Waals surface area contributed by atoms with Crippen LogP contribution in [0.25, 0.3) is 0 Å². The number of pyridine rings is 1. The van der Waals surface area contributed by atoms with Crippen molar-refractivity contribution in [2.75, 3.05) is 51.3 Å². The molecule has 0 atom stereocenters. The predicted octanol–water partition coefficient (Wildman–Crippen LogP) is 2.03. The Kier molecular flexibility index (Phi) is 8.34. The van der Waals surface area contributed by atoms with E-state index < -0.39 is 0 Å². The summed E-state index contributed by atoms with van der Waals surface area (Å²) in [6.45, 7) is 7.88. The van der Waals surface area contributed by atoms with E-state index in [1.165, 1.54) is 0 Å². The number of thioether (sulfide) groups is 1. The largest absolute Gasteiger partial charge is 0.385 e. The van der Waals surface area contributed by atoms with E-state index in [0.717, 1.165) is 48.9 Å². The third kappa shape index (κ3) is 6.46. The molecule has 1 rings (SSSR count). The molecule has 21 heavy (non-hydrogen) atoms. The van der Waals surface area contributed by atoms with Crippen LogP contribution in [0, 0.1) is 12.3 Å². The van der Waals surface area contributed by atoms with Crippen LogP contribution in [0.5, 0.6) is 0 Å². The summed E-state index contributed by atoms with van der Waals surface area (Å²) >= 11 is 1.58. The SMILES string of the molecule is CCNc1cc(C)ncc1C(=N)SCCN(C)CCNC. The monoisotopic (exact) mass is 309 g/mol. The Bertz CT molecular complexity index is 450. The number of hydrogen-bond donors (Lipinski definition) is 3. The van der Waals surface area contributed by atoms with Gasteiger partial charge in [0.05, 0.1) is 5.04 Å². The molecular weight excluding hydrogens is 282 g/mol. The molecule has 0 saturated carbocycles. The number of nitrogens with one attached hydrogen (secondary N) is 3. The van der Waals surface area contributed by atoms with Crippen LogP contribution in [0.4, 0.5) is 5.69 Å². The van der Waals surface area contributed by atoms with Gasteiger partial charge in [0.1, 0.15) is 0 Å². The molecule has 3 N–H and O–H groups in total. The average molecular weight is 309 g/mol. The second kappa shape index (κ2) is 9.76. The number of anilines is 1. The summed E-state index contributed by atoms with van der Waals surface area (Å²) in [7, 11) is 4.07. The summed E-state index contributed by atoms with van der Waals surface area (Å²) in [4.78, 5) is 6.59. The molecule has 1 heterocycles. The molecule has 1 aromatic rings. The van der Waals surface area contributed by atoms with Crippen LogP contribution in [-0.2, 0) is 0 Å². The van der Waals surface area contributed by atoms with E-state index in [4.69, 9.17) is 5.41 Å². The smallest absolute Gasteiger partial charge is 0.0979 e. The molecule has 0 saturated heterocycles. The third-order valence-electron chi connectivity index (χ3n) is 3.12. The molecule has 0 unspecified atom stereocenters. The zero-order valence-electron chi connectivity index (χ0n) is 13.5. The number of aryl methyl sites for hydroxylation is 1. The van der Waals surface area contributed by atoms with E-state index in [2.05, 4.69) is 34.5 Å². The van der Waals surface area contributed by atoms with Gasteiger partial charge in [0.2, 0.25) is 0 Å². The molecule has 0 spiro atoms. The van der Waals surface area contributed by atoms with Gasteiger partial charge in [-0.05, 0) is 34.0 Å². The Balaban J connectivity index is 2.52. The molecule has 0 amide bonds. The van der Waals surface area contributed by atoms with Crippen LogP contribution in [0.1, 0.15) is 18.2 Å². The summed E-state index contributed by atoms with van der Waals surface area (Å²) in [5, 5.41) is 15.3. The van der Waals surface area contributed by atoms with Crippen LogP contribution in [0.2, 0.25) is 0 Å². The number of likely N-dealkylation sites (N-methyl/N-ethyl adjacent to an activating group) is 2. The molecule has 118 valence electrons. The maximum atomic E-state index is 8.25. The summed E-state index contributed by atoms with van der Waals surface area (Å²) < 4.78 is 0. The highest BCUT2D eigenvalue weighted by Crippen LogP contribution is 2.21. The van der Waals surface area contributed by atoms with E-state index in [9.17, 15) is 0 Å². The zero-order valence-corrected chi connectivity index (χ0v) is 14.3. The van der Waals surface area contributed by atoms with Gasteiger partial charge >= 0.3 is 0 Å². The van der Waals surface area contributed by atoms with Gasteiger partial charge in [-0.25, -0.2) is 0 Å². The molecule has 0 bridgehead atoms. The van der Waals surface area contributed by atoms with Crippen molar-refractivity contribution in [3.63, 3.8) is 0 Å². The van der Waals surface area contributed by atoms with Crippen molar-refractivity contribution in [1.82, 2.24) is 15.2 Å². The first-order valence-electron chi connectivity index (χ1n) is 7.33. The Morgan fingerprint density at radius 3 is 2.86 bits per heavy atom. The first-order valence-corrected chi connectivity index (χ1v) is 8.32. The van der Waals surface area contributed by atoms with Crippen LogP contribution in [-0.4, -0.2) is 61.0 Å². The highest BCUT2D eigenvalue weighted by Gasteiger charge is 2.10. The number of hydrogen-bond acceptors (Lipinski definition) is 6. The van der Waals surface area contributed by atoms with Crippen LogP contribution in [0.3, 0.4) is 0 Å². The van der Waals surface area contributed by atoms with Crippen LogP contribution < -0.4 is 10.6 Å².